The second-order valence-corrected chi connectivity index (χ2v) is 7.60. The number of thioether (sulfide) groups is 1. The van der Waals surface area contributed by atoms with Crippen molar-refractivity contribution in [2.75, 3.05) is 0 Å². The van der Waals surface area contributed by atoms with Crippen molar-refractivity contribution in [2.45, 2.75) is 32.2 Å². The van der Waals surface area contributed by atoms with E-state index < -0.39 is 17.9 Å². The number of carbonyl (C=O) groups excluding carboxylic acids is 1. The van der Waals surface area contributed by atoms with E-state index in [4.69, 9.17) is 23.8 Å². The molecule has 0 aromatic heterocycles. The molecule has 0 unspecified atom stereocenters. The van der Waals surface area contributed by atoms with Crippen molar-refractivity contribution < 1.29 is 14.7 Å². The number of benzene rings is 1. The summed E-state index contributed by atoms with van der Waals surface area (Å²) >= 11 is 12.5. The van der Waals surface area contributed by atoms with Gasteiger partial charge in [0.2, 0.25) is 0 Å². The fourth-order valence-electron chi connectivity index (χ4n) is 2.38. The third-order valence-electron chi connectivity index (χ3n) is 3.62. The van der Waals surface area contributed by atoms with Crippen LogP contribution in [-0.4, -0.2) is 32.2 Å². The normalized spacial score (nSPS) is 18.1. The Morgan fingerprint density at radius 2 is 2.08 bits per heavy atom. The minimum absolute atomic E-state index is 0.254. The van der Waals surface area contributed by atoms with E-state index >= 15 is 0 Å². The maximum Gasteiger partial charge on any atom is 0.326 e. The number of amides is 1. The van der Waals surface area contributed by atoms with Crippen molar-refractivity contribution in [1.29, 1.82) is 0 Å². The molecule has 0 saturated carbocycles. The fourth-order valence-corrected chi connectivity index (χ4v) is 4.03. The molecule has 1 aromatic rings. The molecule has 1 aliphatic rings. The van der Waals surface area contributed by atoms with E-state index in [1.54, 1.807) is 6.08 Å². The zero-order valence-corrected chi connectivity index (χ0v) is 16.0. The molecular weight excluding hydrogens is 378 g/mol. The highest BCUT2D eigenvalue weighted by Gasteiger charge is 2.40. The van der Waals surface area contributed by atoms with Gasteiger partial charge >= 0.3 is 5.97 Å². The predicted octanol–water partition coefficient (Wildman–Crippen LogP) is 4.65. The van der Waals surface area contributed by atoms with Crippen molar-refractivity contribution in [3.8, 4) is 0 Å². The molecule has 1 N–H and O–H groups in total. The zero-order valence-electron chi connectivity index (χ0n) is 13.6. The molecule has 0 aliphatic carbocycles. The molecule has 0 bridgehead atoms. The Morgan fingerprint density at radius 3 is 2.68 bits per heavy atom. The average molecular weight is 396 g/mol. The molecule has 25 heavy (non-hydrogen) atoms. The standard InChI is InChI=1S/C18H18ClNO3S2/c1-2-3-9-14(17(22)23)20-16(21)15(25-18(20)24)11-13(19)10-12-7-5-4-6-8-12/h4-8,10-11,14H,2-3,9H2,1H3,(H,22,23)/b13-10-,15-11-/t14-/m1/s1. The van der Waals surface area contributed by atoms with Gasteiger partial charge in [0.05, 0.1) is 4.91 Å². The van der Waals surface area contributed by atoms with E-state index in [0.717, 1.165) is 23.7 Å². The van der Waals surface area contributed by atoms with Gasteiger partial charge in [-0.1, -0.05) is 85.7 Å². The van der Waals surface area contributed by atoms with Gasteiger partial charge in [-0.25, -0.2) is 4.79 Å². The Balaban J connectivity index is 2.22. The molecular formula is C18H18ClNO3S2. The van der Waals surface area contributed by atoms with E-state index in [0.29, 0.717) is 22.8 Å². The summed E-state index contributed by atoms with van der Waals surface area (Å²) in [6, 6.07) is 8.54. The molecule has 132 valence electrons. The lowest BCUT2D eigenvalue weighted by molar-refractivity contribution is -0.145. The highest BCUT2D eigenvalue weighted by atomic mass is 35.5. The van der Waals surface area contributed by atoms with Gasteiger partial charge in [-0.3, -0.25) is 9.69 Å². The first kappa shape index (κ1) is 19.7. The van der Waals surface area contributed by atoms with E-state index in [2.05, 4.69) is 0 Å². The van der Waals surface area contributed by atoms with Crippen molar-refractivity contribution in [1.82, 2.24) is 4.90 Å². The number of carbonyl (C=O) groups is 2. The lowest BCUT2D eigenvalue weighted by Crippen LogP contribution is -2.43. The van der Waals surface area contributed by atoms with Crippen LogP contribution in [0.2, 0.25) is 0 Å². The highest BCUT2D eigenvalue weighted by molar-refractivity contribution is 8.26. The monoisotopic (exact) mass is 395 g/mol. The second kappa shape index (κ2) is 9.17. The summed E-state index contributed by atoms with van der Waals surface area (Å²) in [5.41, 5.74) is 0.908. The number of hydrogen-bond acceptors (Lipinski definition) is 4. The molecule has 1 atom stereocenters. The number of rotatable bonds is 7. The number of thiocarbonyl (C=S) groups is 1. The van der Waals surface area contributed by atoms with Crippen LogP contribution < -0.4 is 0 Å². The third-order valence-corrected chi connectivity index (χ3v) is 5.17. The Bertz CT molecular complexity index is 731. The molecule has 4 nitrogen and oxygen atoms in total. The Hall–Kier alpha value is -1.63. The molecule has 7 heteroatoms. The van der Waals surface area contributed by atoms with Crippen molar-refractivity contribution in [2.24, 2.45) is 0 Å². The molecule has 1 aliphatic heterocycles. The summed E-state index contributed by atoms with van der Waals surface area (Å²) in [5, 5.41) is 9.82. The van der Waals surface area contributed by atoms with Gasteiger partial charge in [-0.2, -0.15) is 0 Å². The van der Waals surface area contributed by atoms with E-state index in [-0.39, 0.29) is 4.32 Å². The number of carboxylic acid groups (broad SMARTS) is 1. The minimum atomic E-state index is -1.04. The molecule has 1 heterocycles. The quantitative estimate of drug-likeness (QED) is 0.537. The van der Waals surface area contributed by atoms with Gasteiger partial charge < -0.3 is 5.11 Å². The van der Waals surface area contributed by atoms with Crippen molar-refractivity contribution >= 4 is 57.9 Å². The Labute approximate surface area is 161 Å². The Kier molecular flexibility index (Phi) is 7.23. The number of nitrogens with zero attached hydrogens (tertiary/aromatic N) is 1. The average Bonchev–Trinajstić information content (AvgIpc) is 2.83. The molecule has 1 fully saturated rings. The smallest absolute Gasteiger partial charge is 0.326 e. The maximum absolute atomic E-state index is 12.6. The summed E-state index contributed by atoms with van der Waals surface area (Å²) in [6.45, 7) is 1.97. The first-order valence-corrected chi connectivity index (χ1v) is 9.46. The molecule has 1 amide bonds. The number of unbranched alkanes of at least 4 members (excludes halogenated alkanes) is 1. The van der Waals surface area contributed by atoms with Crippen LogP contribution >= 0.6 is 35.6 Å². The lowest BCUT2D eigenvalue weighted by Gasteiger charge is -2.22. The van der Waals surface area contributed by atoms with Crippen LogP contribution in [0.15, 0.2) is 46.3 Å². The van der Waals surface area contributed by atoms with Gasteiger partial charge in [-0.05, 0) is 24.1 Å². The summed E-state index contributed by atoms with van der Waals surface area (Å²) in [5.74, 6) is -1.45. The van der Waals surface area contributed by atoms with Crippen LogP contribution in [0.1, 0.15) is 31.7 Å². The molecule has 0 radical (unpaired) electrons. The van der Waals surface area contributed by atoms with Gasteiger partial charge in [0.25, 0.3) is 5.91 Å². The molecule has 1 aromatic carbocycles. The largest absolute Gasteiger partial charge is 0.480 e. The minimum Gasteiger partial charge on any atom is -0.480 e. The summed E-state index contributed by atoms with van der Waals surface area (Å²) < 4.78 is 0.254. The topological polar surface area (TPSA) is 57.6 Å². The van der Waals surface area contributed by atoms with E-state index in [1.165, 1.54) is 11.0 Å². The fraction of sp³-hybridized carbons (Fsp3) is 0.278. The SMILES string of the molecule is CCCC[C@H](C(=O)O)N1C(=O)/C(=C/C(Cl)=C/c2ccccc2)SC1=S. The van der Waals surface area contributed by atoms with E-state index in [9.17, 15) is 14.7 Å². The van der Waals surface area contributed by atoms with Crippen LogP contribution in [0.4, 0.5) is 0 Å². The summed E-state index contributed by atoms with van der Waals surface area (Å²) in [4.78, 5) is 25.7. The molecule has 0 spiro atoms. The van der Waals surface area contributed by atoms with Gasteiger partial charge in [0.15, 0.2) is 0 Å². The third kappa shape index (κ3) is 5.17. The van der Waals surface area contributed by atoms with Crippen LogP contribution in [0.5, 0.6) is 0 Å². The maximum atomic E-state index is 12.6. The van der Waals surface area contributed by atoms with Crippen LogP contribution in [0.25, 0.3) is 6.08 Å². The number of allylic oxidation sites excluding steroid dienone is 2. The number of carboxylic acids is 1. The summed E-state index contributed by atoms with van der Waals surface area (Å²) in [6.07, 6.45) is 5.20. The molecule has 2 rings (SSSR count). The number of halogens is 1. The first-order chi connectivity index (χ1) is 11.9. The zero-order chi connectivity index (χ0) is 18.4. The van der Waals surface area contributed by atoms with Crippen molar-refractivity contribution in [3.05, 3.63) is 51.9 Å². The number of aliphatic carboxylic acids is 1. The van der Waals surface area contributed by atoms with Gasteiger partial charge in [0, 0.05) is 5.03 Å². The number of hydrogen-bond donors (Lipinski definition) is 1. The predicted molar refractivity (Wildman–Crippen MR) is 106 cm³/mol. The lowest BCUT2D eigenvalue weighted by atomic mass is 10.1. The van der Waals surface area contributed by atoms with Gasteiger partial charge in [0.1, 0.15) is 10.4 Å². The van der Waals surface area contributed by atoms with E-state index in [1.807, 2.05) is 37.3 Å². The first-order valence-electron chi connectivity index (χ1n) is 7.86. The van der Waals surface area contributed by atoms with Gasteiger partial charge in [-0.15, -0.1) is 0 Å². The highest BCUT2D eigenvalue weighted by Crippen LogP contribution is 2.35. The van der Waals surface area contributed by atoms with Crippen LogP contribution in [0.3, 0.4) is 0 Å². The van der Waals surface area contributed by atoms with Crippen LogP contribution in [-0.2, 0) is 9.59 Å². The molecule has 1 saturated heterocycles. The Morgan fingerprint density at radius 1 is 1.40 bits per heavy atom. The van der Waals surface area contributed by atoms with Crippen molar-refractivity contribution in [3.63, 3.8) is 0 Å². The second-order valence-electron chi connectivity index (χ2n) is 5.49. The van der Waals surface area contributed by atoms with Crippen LogP contribution in [0, 0.1) is 0 Å². The summed E-state index contributed by atoms with van der Waals surface area (Å²) in [7, 11) is 0.